The van der Waals surface area contributed by atoms with E-state index in [1.165, 1.54) is 29.4 Å². The van der Waals surface area contributed by atoms with Gasteiger partial charge in [0, 0.05) is 6.54 Å². The molecule has 0 saturated carbocycles. The molecule has 1 aliphatic rings. The molecule has 5 nitrogen and oxygen atoms in total. The van der Waals surface area contributed by atoms with Gasteiger partial charge in [-0.2, -0.15) is 0 Å². The Kier molecular flexibility index (Phi) is 4.57. The lowest BCUT2D eigenvalue weighted by molar-refractivity contribution is 0.0698. The maximum atomic E-state index is 11.6. The minimum absolute atomic E-state index is 0.124. The minimum atomic E-state index is -1.03. The second kappa shape index (κ2) is 6.38. The maximum absolute atomic E-state index is 11.6. The number of allylic oxidation sites excluding steroid dienone is 1. The van der Waals surface area contributed by atoms with E-state index >= 15 is 0 Å². The molecule has 0 aromatic carbocycles. The van der Waals surface area contributed by atoms with Crippen molar-refractivity contribution < 1.29 is 14.7 Å². The molecule has 0 fully saturated rings. The second-order valence-corrected chi connectivity index (χ2v) is 5.27. The highest BCUT2D eigenvalue weighted by Gasteiger charge is 2.13. The average molecular weight is 280 g/mol. The topological polar surface area (TPSA) is 78.4 Å². The molecule has 0 spiro atoms. The van der Waals surface area contributed by atoms with Crippen molar-refractivity contribution in [2.24, 2.45) is 0 Å². The van der Waals surface area contributed by atoms with Gasteiger partial charge in [-0.1, -0.05) is 11.6 Å². The van der Waals surface area contributed by atoms with Gasteiger partial charge in [-0.25, -0.2) is 9.59 Å². The highest BCUT2D eigenvalue weighted by atomic mass is 32.1. The Morgan fingerprint density at radius 2 is 2.26 bits per heavy atom. The van der Waals surface area contributed by atoms with E-state index in [0.717, 1.165) is 19.3 Å². The number of thiophene rings is 1. The van der Waals surface area contributed by atoms with E-state index in [1.54, 1.807) is 5.38 Å². The molecular formula is C13H16N2O3S. The Morgan fingerprint density at radius 1 is 1.42 bits per heavy atom. The van der Waals surface area contributed by atoms with Gasteiger partial charge in [0.05, 0.1) is 5.56 Å². The zero-order valence-electron chi connectivity index (χ0n) is 10.4. The number of nitrogens with one attached hydrogen (secondary N) is 2. The molecule has 2 rings (SSSR count). The van der Waals surface area contributed by atoms with Crippen LogP contribution < -0.4 is 10.6 Å². The summed E-state index contributed by atoms with van der Waals surface area (Å²) in [7, 11) is 0. The molecule has 3 N–H and O–H groups in total. The molecule has 0 bridgehead atoms. The first-order valence-electron chi connectivity index (χ1n) is 6.20. The molecule has 1 heterocycles. The molecule has 1 aliphatic carbocycles. The fourth-order valence-corrected chi connectivity index (χ4v) is 2.80. The number of aromatic carboxylic acids is 1. The van der Waals surface area contributed by atoms with Gasteiger partial charge in [0.1, 0.15) is 5.00 Å². The summed E-state index contributed by atoms with van der Waals surface area (Å²) in [6, 6.07) is 1.12. The monoisotopic (exact) mass is 280 g/mol. The first-order valence-corrected chi connectivity index (χ1v) is 7.08. The molecular weight excluding hydrogens is 264 g/mol. The molecule has 1 aromatic heterocycles. The first-order chi connectivity index (χ1) is 9.16. The normalized spacial score (nSPS) is 14.0. The predicted molar refractivity (Wildman–Crippen MR) is 74.9 cm³/mol. The number of rotatable bonds is 5. The Balaban J connectivity index is 1.77. The van der Waals surface area contributed by atoms with Gasteiger partial charge >= 0.3 is 12.0 Å². The number of carbonyl (C=O) groups excluding carboxylic acids is 1. The van der Waals surface area contributed by atoms with Gasteiger partial charge in [0.15, 0.2) is 0 Å². The Bertz CT molecular complexity index is 508. The van der Waals surface area contributed by atoms with Crippen LogP contribution in [-0.2, 0) is 0 Å². The van der Waals surface area contributed by atoms with Crippen LogP contribution in [0.3, 0.4) is 0 Å². The van der Waals surface area contributed by atoms with E-state index in [0.29, 0.717) is 11.5 Å². The summed E-state index contributed by atoms with van der Waals surface area (Å²) in [4.78, 5) is 22.5. The van der Waals surface area contributed by atoms with E-state index in [-0.39, 0.29) is 11.6 Å². The van der Waals surface area contributed by atoms with Crippen LogP contribution in [0.4, 0.5) is 9.80 Å². The zero-order chi connectivity index (χ0) is 13.7. The number of urea groups is 1. The number of anilines is 1. The third kappa shape index (κ3) is 3.82. The summed E-state index contributed by atoms with van der Waals surface area (Å²) in [5.74, 6) is -1.03. The van der Waals surface area contributed by atoms with E-state index in [1.807, 2.05) is 0 Å². The number of carboxylic acids is 1. The molecule has 102 valence electrons. The van der Waals surface area contributed by atoms with Crippen LogP contribution in [0.1, 0.15) is 36.0 Å². The standard InChI is InChI=1S/C13H16N2O3S/c16-12(17)10-6-8-19-11(10)15-13(18)14-7-5-9-3-1-2-4-9/h3,6,8H,1-2,4-5,7H2,(H,16,17)(H2,14,15,18). The van der Waals surface area contributed by atoms with Crippen molar-refractivity contribution in [2.45, 2.75) is 25.7 Å². The predicted octanol–water partition coefficient (Wildman–Crippen LogP) is 3.07. The van der Waals surface area contributed by atoms with Crippen LogP contribution >= 0.6 is 11.3 Å². The molecule has 1 aromatic rings. The fourth-order valence-electron chi connectivity index (χ4n) is 2.02. The van der Waals surface area contributed by atoms with Gasteiger partial charge in [-0.15, -0.1) is 11.3 Å². The Hall–Kier alpha value is -1.82. The van der Waals surface area contributed by atoms with Gasteiger partial charge < -0.3 is 10.4 Å². The average Bonchev–Trinajstić information content (AvgIpc) is 2.99. The van der Waals surface area contributed by atoms with Crippen LogP contribution in [0, 0.1) is 0 Å². The lowest BCUT2D eigenvalue weighted by Gasteiger charge is -2.07. The van der Waals surface area contributed by atoms with Crippen molar-refractivity contribution in [2.75, 3.05) is 11.9 Å². The van der Waals surface area contributed by atoms with Gasteiger partial charge in [0.25, 0.3) is 0 Å². The van der Waals surface area contributed by atoms with Crippen molar-refractivity contribution in [1.29, 1.82) is 0 Å². The number of carboxylic acid groups (broad SMARTS) is 1. The van der Waals surface area contributed by atoms with Crippen molar-refractivity contribution in [3.05, 3.63) is 28.7 Å². The largest absolute Gasteiger partial charge is 0.478 e. The van der Waals surface area contributed by atoms with Crippen molar-refractivity contribution >= 4 is 28.3 Å². The van der Waals surface area contributed by atoms with E-state index in [4.69, 9.17) is 5.11 Å². The van der Waals surface area contributed by atoms with Crippen LogP contribution in [0.25, 0.3) is 0 Å². The molecule has 0 aliphatic heterocycles. The SMILES string of the molecule is O=C(NCCC1=CCCC1)Nc1sccc1C(=O)O. The highest BCUT2D eigenvalue weighted by Crippen LogP contribution is 2.23. The minimum Gasteiger partial charge on any atom is -0.478 e. The van der Waals surface area contributed by atoms with E-state index in [2.05, 4.69) is 16.7 Å². The van der Waals surface area contributed by atoms with E-state index < -0.39 is 5.97 Å². The van der Waals surface area contributed by atoms with Crippen molar-refractivity contribution in [3.8, 4) is 0 Å². The van der Waals surface area contributed by atoms with Crippen molar-refractivity contribution in [1.82, 2.24) is 5.32 Å². The first kappa shape index (κ1) is 13.6. The summed E-state index contributed by atoms with van der Waals surface area (Å²) in [6.07, 6.45) is 6.56. The summed E-state index contributed by atoms with van der Waals surface area (Å²) < 4.78 is 0. The van der Waals surface area contributed by atoms with Gasteiger partial charge in [-0.3, -0.25) is 5.32 Å². The summed E-state index contributed by atoms with van der Waals surface area (Å²) in [6.45, 7) is 0.575. The molecule has 0 saturated heterocycles. The van der Waals surface area contributed by atoms with E-state index in [9.17, 15) is 9.59 Å². The van der Waals surface area contributed by atoms with Gasteiger partial charge in [-0.05, 0) is 37.1 Å². The Morgan fingerprint density at radius 3 is 2.95 bits per heavy atom. The number of hydrogen-bond donors (Lipinski definition) is 3. The molecule has 19 heavy (non-hydrogen) atoms. The second-order valence-electron chi connectivity index (χ2n) is 4.35. The molecule has 0 atom stereocenters. The summed E-state index contributed by atoms with van der Waals surface area (Å²) >= 11 is 1.20. The number of carbonyl (C=O) groups is 2. The highest BCUT2D eigenvalue weighted by molar-refractivity contribution is 7.14. The summed E-state index contributed by atoms with van der Waals surface area (Å²) in [5, 5.41) is 16.2. The quantitative estimate of drug-likeness (QED) is 0.725. The van der Waals surface area contributed by atoms with Gasteiger partial charge in [0.2, 0.25) is 0 Å². The summed E-state index contributed by atoms with van der Waals surface area (Å²) in [5.41, 5.74) is 1.52. The van der Waals surface area contributed by atoms with Crippen molar-refractivity contribution in [3.63, 3.8) is 0 Å². The third-order valence-electron chi connectivity index (χ3n) is 2.99. The number of hydrogen-bond acceptors (Lipinski definition) is 3. The fraction of sp³-hybridized carbons (Fsp3) is 0.385. The third-order valence-corrected chi connectivity index (χ3v) is 3.82. The van der Waals surface area contributed by atoms with Crippen LogP contribution in [0.5, 0.6) is 0 Å². The molecule has 6 heteroatoms. The molecule has 0 unspecified atom stereocenters. The van der Waals surface area contributed by atoms with Crippen LogP contribution in [0.2, 0.25) is 0 Å². The van der Waals surface area contributed by atoms with Crippen LogP contribution in [0.15, 0.2) is 23.1 Å². The lowest BCUT2D eigenvalue weighted by Crippen LogP contribution is -2.29. The molecule has 0 radical (unpaired) electrons. The number of amides is 2. The lowest BCUT2D eigenvalue weighted by atomic mass is 10.2. The smallest absolute Gasteiger partial charge is 0.338 e. The maximum Gasteiger partial charge on any atom is 0.338 e. The van der Waals surface area contributed by atoms with Crippen LogP contribution in [-0.4, -0.2) is 23.7 Å². The zero-order valence-corrected chi connectivity index (χ0v) is 11.3. The Labute approximate surface area is 115 Å². The molecule has 2 amide bonds.